The van der Waals surface area contributed by atoms with Gasteiger partial charge in [-0.3, -0.25) is 4.79 Å². The van der Waals surface area contributed by atoms with Crippen molar-refractivity contribution in [1.29, 1.82) is 0 Å². The maximum Gasteiger partial charge on any atom is 0.407 e. The summed E-state index contributed by atoms with van der Waals surface area (Å²) in [7, 11) is 0. The molecule has 3 aromatic rings. The summed E-state index contributed by atoms with van der Waals surface area (Å²) in [5.41, 5.74) is 4.87. The number of rotatable bonds is 6. The molecule has 0 aliphatic heterocycles. The summed E-state index contributed by atoms with van der Waals surface area (Å²) in [5, 5.41) is 6.60. The SMILES string of the molecule is CCOC(=O)N[C@H](Cc1c[nH]c2ccccc12)C(=O)Nc1ccc(C)c(C)c1. The molecule has 0 fully saturated rings. The number of ether oxygens (including phenoxy) is 1. The van der Waals surface area contributed by atoms with Crippen LogP contribution in [0.5, 0.6) is 0 Å². The molecule has 2 aromatic carbocycles. The van der Waals surface area contributed by atoms with Crippen molar-refractivity contribution in [2.75, 3.05) is 11.9 Å². The summed E-state index contributed by atoms with van der Waals surface area (Å²) < 4.78 is 4.98. The highest BCUT2D eigenvalue weighted by Gasteiger charge is 2.23. The highest BCUT2D eigenvalue weighted by atomic mass is 16.5. The van der Waals surface area contributed by atoms with Crippen LogP contribution in [0, 0.1) is 13.8 Å². The van der Waals surface area contributed by atoms with E-state index in [2.05, 4.69) is 15.6 Å². The molecule has 0 bridgehead atoms. The first kappa shape index (κ1) is 19.5. The fourth-order valence-corrected chi connectivity index (χ4v) is 3.09. The van der Waals surface area contributed by atoms with E-state index in [4.69, 9.17) is 4.74 Å². The predicted molar refractivity (Wildman–Crippen MR) is 110 cm³/mol. The minimum absolute atomic E-state index is 0.240. The summed E-state index contributed by atoms with van der Waals surface area (Å²) in [6, 6.07) is 12.8. The second-order valence-corrected chi connectivity index (χ2v) is 6.77. The number of H-pyrrole nitrogens is 1. The third-order valence-corrected chi connectivity index (χ3v) is 4.76. The van der Waals surface area contributed by atoms with Crippen molar-refractivity contribution in [2.45, 2.75) is 33.2 Å². The normalized spacial score (nSPS) is 11.8. The molecule has 146 valence electrons. The van der Waals surface area contributed by atoms with Gasteiger partial charge >= 0.3 is 6.09 Å². The summed E-state index contributed by atoms with van der Waals surface area (Å²) >= 11 is 0. The monoisotopic (exact) mass is 379 g/mol. The van der Waals surface area contributed by atoms with E-state index in [0.29, 0.717) is 12.1 Å². The lowest BCUT2D eigenvalue weighted by molar-refractivity contribution is -0.118. The van der Waals surface area contributed by atoms with Crippen LogP contribution in [0.1, 0.15) is 23.6 Å². The lowest BCUT2D eigenvalue weighted by Gasteiger charge is -2.18. The van der Waals surface area contributed by atoms with Crippen LogP contribution in [0.4, 0.5) is 10.5 Å². The van der Waals surface area contributed by atoms with Crippen molar-refractivity contribution in [1.82, 2.24) is 10.3 Å². The Morgan fingerprint density at radius 1 is 1.11 bits per heavy atom. The topological polar surface area (TPSA) is 83.2 Å². The van der Waals surface area contributed by atoms with Gasteiger partial charge in [-0.1, -0.05) is 24.3 Å². The van der Waals surface area contributed by atoms with E-state index in [0.717, 1.165) is 27.6 Å². The number of nitrogens with one attached hydrogen (secondary N) is 3. The lowest BCUT2D eigenvalue weighted by atomic mass is 10.0. The van der Waals surface area contributed by atoms with Crippen molar-refractivity contribution in [3.63, 3.8) is 0 Å². The number of carbonyl (C=O) groups excluding carboxylic acids is 2. The Labute approximate surface area is 164 Å². The van der Waals surface area contributed by atoms with Crippen molar-refractivity contribution in [3.05, 3.63) is 65.4 Å². The molecule has 1 aromatic heterocycles. The number of hydrogen-bond donors (Lipinski definition) is 3. The molecule has 28 heavy (non-hydrogen) atoms. The summed E-state index contributed by atoms with van der Waals surface area (Å²) in [5.74, 6) is -0.290. The number of benzene rings is 2. The number of para-hydroxylation sites is 1. The van der Waals surface area contributed by atoms with Gasteiger partial charge in [0.1, 0.15) is 6.04 Å². The number of anilines is 1. The molecule has 0 unspecified atom stereocenters. The first-order chi connectivity index (χ1) is 13.5. The quantitative estimate of drug-likeness (QED) is 0.603. The third kappa shape index (κ3) is 4.52. The van der Waals surface area contributed by atoms with Gasteiger partial charge in [0.25, 0.3) is 0 Å². The lowest BCUT2D eigenvalue weighted by Crippen LogP contribution is -2.45. The van der Waals surface area contributed by atoms with E-state index in [1.807, 2.05) is 62.5 Å². The van der Waals surface area contributed by atoms with Crippen LogP contribution >= 0.6 is 0 Å². The first-order valence-electron chi connectivity index (χ1n) is 9.34. The first-order valence-corrected chi connectivity index (χ1v) is 9.34. The molecule has 1 heterocycles. The van der Waals surface area contributed by atoms with Crippen molar-refractivity contribution >= 4 is 28.6 Å². The van der Waals surface area contributed by atoms with E-state index in [1.165, 1.54) is 0 Å². The standard InChI is InChI=1S/C22H25N3O3/c1-4-28-22(27)25-20(12-16-13-23-19-8-6-5-7-18(16)19)21(26)24-17-10-9-14(2)15(3)11-17/h5-11,13,20,23H,4,12H2,1-3H3,(H,24,26)(H,25,27)/t20-/m1/s1. The fraction of sp³-hybridized carbons (Fsp3) is 0.273. The Morgan fingerprint density at radius 3 is 2.64 bits per heavy atom. The van der Waals surface area contributed by atoms with Crippen LogP contribution in [0.25, 0.3) is 10.9 Å². The molecule has 6 nitrogen and oxygen atoms in total. The highest BCUT2D eigenvalue weighted by Crippen LogP contribution is 2.20. The van der Waals surface area contributed by atoms with Gasteiger partial charge in [0.15, 0.2) is 0 Å². The molecular formula is C22H25N3O3. The van der Waals surface area contributed by atoms with Gasteiger partial charge in [-0.05, 0) is 55.7 Å². The number of hydrogen-bond acceptors (Lipinski definition) is 3. The Hall–Kier alpha value is -3.28. The Morgan fingerprint density at radius 2 is 1.89 bits per heavy atom. The number of aryl methyl sites for hydroxylation is 2. The summed E-state index contributed by atoms with van der Waals surface area (Å²) in [6.07, 6.45) is 1.61. The van der Waals surface area contributed by atoms with Crippen LogP contribution in [0.3, 0.4) is 0 Å². The predicted octanol–water partition coefficient (Wildman–Crippen LogP) is 4.08. The molecule has 0 saturated carbocycles. The molecule has 0 aliphatic carbocycles. The van der Waals surface area contributed by atoms with E-state index in [1.54, 1.807) is 6.92 Å². The smallest absolute Gasteiger partial charge is 0.407 e. The Bertz CT molecular complexity index is 994. The van der Waals surface area contributed by atoms with Gasteiger partial charge in [0, 0.05) is 29.2 Å². The molecule has 6 heteroatoms. The number of carbonyl (C=O) groups is 2. The zero-order valence-electron chi connectivity index (χ0n) is 16.3. The highest BCUT2D eigenvalue weighted by molar-refractivity contribution is 5.97. The van der Waals surface area contributed by atoms with Crippen LogP contribution in [-0.2, 0) is 16.0 Å². The molecule has 3 rings (SSSR count). The van der Waals surface area contributed by atoms with Crippen LogP contribution in [0.15, 0.2) is 48.7 Å². The molecule has 2 amide bonds. The van der Waals surface area contributed by atoms with Crippen molar-refractivity contribution < 1.29 is 14.3 Å². The average Bonchev–Trinajstić information content (AvgIpc) is 3.07. The number of amides is 2. The minimum Gasteiger partial charge on any atom is -0.450 e. The van der Waals surface area contributed by atoms with Gasteiger partial charge < -0.3 is 20.4 Å². The number of aromatic amines is 1. The van der Waals surface area contributed by atoms with E-state index < -0.39 is 12.1 Å². The van der Waals surface area contributed by atoms with Crippen LogP contribution in [0.2, 0.25) is 0 Å². The second kappa shape index (κ2) is 8.61. The average molecular weight is 379 g/mol. The molecule has 3 N–H and O–H groups in total. The zero-order valence-corrected chi connectivity index (χ0v) is 16.3. The van der Waals surface area contributed by atoms with Gasteiger partial charge in [0.05, 0.1) is 6.61 Å². The fourth-order valence-electron chi connectivity index (χ4n) is 3.09. The summed E-state index contributed by atoms with van der Waals surface area (Å²) in [4.78, 5) is 28.1. The van der Waals surface area contributed by atoms with E-state index >= 15 is 0 Å². The van der Waals surface area contributed by atoms with Gasteiger partial charge in [0.2, 0.25) is 5.91 Å². The number of fused-ring (bicyclic) bond motifs is 1. The largest absolute Gasteiger partial charge is 0.450 e. The van der Waals surface area contributed by atoms with Crippen LogP contribution < -0.4 is 10.6 Å². The Balaban J connectivity index is 1.82. The van der Waals surface area contributed by atoms with Crippen molar-refractivity contribution in [2.24, 2.45) is 0 Å². The van der Waals surface area contributed by atoms with Gasteiger partial charge in [-0.2, -0.15) is 0 Å². The molecule has 1 atom stereocenters. The maximum absolute atomic E-state index is 12.9. The molecule has 0 radical (unpaired) electrons. The maximum atomic E-state index is 12.9. The van der Waals surface area contributed by atoms with E-state index in [9.17, 15) is 9.59 Å². The summed E-state index contributed by atoms with van der Waals surface area (Å²) in [6.45, 7) is 5.97. The molecule has 0 aliphatic rings. The molecule has 0 spiro atoms. The van der Waals surface area contributed by atoms with Gasteiger partial charge in [-0.15, -0.1) is 0 Å². The van der Waals surface area contributed by atoms with Gasteiger partial charge in [-0.25, -0.2) is 4.79 Å². The second-order valence-electron chi connectivity index (χ2n) is 6.77. The third-order valence-electron chi connectivity index (χ3n) is 4.76. The van der Waals surface area contributed by atoms with E-state index in [-0.39, 0.29) is 12.5 Å². The minimum atomic E-state index is -0.764. The number of aromatic nitrogens is 1. The molecular weight excluding hydrogens is 354 g/mol. The van der Waals surface area contributed by atoms with Crippen molar-refractivity contribution in [3.8, 4) is 0 Å². The number of alkyl carbamates (subject to hydrolysis) is 1. The molecule has 0 saturated heterocycles. The van der Waals surface area contributed by atoms with Crippen LogP contribution in [-0.4, -0.2) is 29.6 Å². The zero-order chi connectivity index (χ0) is 20.1. The Kier molecular flexibility index (Phi) is 5.99.